The van der Waals surface area contributed by atoms with Gasteiger partial charge in [0.2, 0.25) is 6.79 Å². The third-order valence-electron chi connectivity index (χ3n) is 4.43. The summed E-state index contributed by atoms with van der Waals surface area (Å²) in [5.41, 5.74) is 1.48. The smallest absolute Gasteiger partial charge is 0.342 e. The average Bonchev–Trinajstić information content (AvgIpc) is 3.39. The number of hydrogen-bond donors (Lipinski definition) is 1. The standard InChI is InChI=1S/C21H20N4O5/c1-13(2)20-15(10-23-25(20)18-5-3-4-8-22-18)21(27)28-11-19(26)24-14-6-7-16-17(9-14)30-12-29-16/h3-10,13H,11-12H2,1-2H3,(H,24,26). The zero-order valence-electron chi connectivity index (χ0n) is 16.5. The molecular weight excluding hydrogens is 388 g/mol. The third-order valence-corrected chi connectivity index (χ3v) is 4.43. The number of rotatable bonds is 6. The summed E-state index contributed by atoms with van der Waals surface area (Å²) in [7, 11) is 0. The Morgan fingerprint density at radius 3 is 2.80 bits per heavy atom. The average molecular weight is 408 g/mol. The summed E-state index contributed by atoms with van der Waals surface area (Å²) >= 11 is 0. The molecule has 0 bridgehead atoms. The number of esters is 1. The molecule has 0 aliphatic carbocycles. The highest BCUT2D eigenvalue weighted by molar-refractivity contribution is 5.96. The lowest BCUT2D eigenvalue weighted by molar-refractivity contribution is -0.119. The lowest BCUT2D eigenvalue weighted by Gasteiger charge is -2.12. The Morgan fingerprint density at radius 1 is 1.20 bits per heavy atom. The van der Waals surface area contributed by atoms with E-state index in [1.807, 2.05) is 19.9 Å². The Bertz CT molecular complexity index is 1080. The summed E-state index contributed by atoms with van der Waals surface area (Å²) in [5, 5.41) is 6.95. The lowest BCUT2D eigenvalue weighted by atomic mass is 10.1. The van der Waals surface area contributed by atoms with Gasteiger partial charge in [-0.3, -0.25) is 4.79 Å². The number of hydrogen-bond acceptors (Lipinski definition) is 7. The fourth-order valence-electron chi connectivity index (χ4n) is 3.11. The number of nitrogens with zero attached hydrogens (tertiary/aromatic N) is 3. The Morgan fingerprint density at radius 2 is 2.03 bits per heavy atom. The monoisotopic (exact) mass is 408 g/mol. The summed E-state index contributed by atoms with van der Waals surface area (Å²) < 4.78 is 17.3. The molecule has 0 saturated carbocycles. The lowest BCUT2D eigenvalue weighted by Crippen LogP contribution is -2.21. The van der Waals surface area contributed by atoms with Crippen LogP contribution in [0.2, 0.25) is 0 Å². The molecule has 1 amide bonds. The first-order valence-corrected chi connectivity index (χ1v) is 9.39. The molecule has 1 N–H and O–H groups in total. The van der Waals surface area contributed by atoms with Crippen molar-refractivity contribution >= 4 is 17.6 Å². The molecule has 9 nitrogen and oxygen atoms in total. The number of aromatic nitrogens is 3. The van der Waals surface area contributed by atoms with E-state index in [9.17, 15) is 9.59 Å². The van der Waals surface area contributed by atoms with E-state index in [1.54, 1.807) is 41.2 Å². The summed E-state index contributed by atoms with van der Waals surface area (Å²) in [6.45, 7) is 3.60. The quantitative estimate of drug-likeness (QED) is 0.625. The van der Waals surface area contributed by atoms with Crippen LogP contribution in [-0.2, 0) is 9.53 Å². The van der Waals surface area contributed by atoms with Gasteiger partial charge in [0.25, 0.3) is 5.91 Å². The SMILES string of the molecule is CC(C)c1c(C(=O)OCC(=O)Nc2ccc3c(c2)OCO3)cnn1-c1ccccn1. The molecule has 0 fully saturated rings. The van der Waals surface area contributed by atoms with Crippen molar-refractivity contribution in [1.29, 1.82) is 0 Å². The molecule has 9 heteroatoms. The van der Waals surface area contributed by atoms with Gasteiger partial charge in [0.15, 0.2) is 23.9 Å². The van der Waals surface area contributed by atoms with Crippen LogP contribution in [-0.4, -0.2) is 40.0 Å². The molecule has 2 aromatic heterocycles. The molecule has 1 aliphatic rings. The summed E-state index contributed by atoms with van der Waals surface area (Å²) in [6.07, 6.45) is 3.08. The molecule has 4 rings (SSSR count). The Labute approximate surface area is 172 Å². The minimum atomic E-state index is -0.623. The van der Waals surface area contributed by atoms with E-state index >= 15 is 0 Å². The van der Waals surface area contributed by atoms with Crippen LogP contribution in [0, 0.1) is 0 Å². The minimum absolute atomic E-state index is 0.0143. The van der Waals surface area contributed by atoms with Crippen LogP contribution >= 0.6 is 0 Å². The van der Waals surface area contributed by atoms with Gasteiger partial charge in [-0.2, -0.15) is 5.10 Å². The second kappa shape index (κ2) is 8.24. The van der Waals surface area contributed by atoms with E-state index in [4.69, 9.17) is 14.2 Å². The molecular formula is C21H20N4O5. The topological polar surface area (TPSA) is 105 Å². The highest BCUT2D eigenvalue weighted by Crippen LogP contribution is 2.34. The van der Waals surface area contributed by atoms with E-state index in [0.717, 1.165) is 0 Å². The molecule has 30 heavy (non-hydrogen) atoms. The van der Waals surface area contributed by atoms with Crippen LogP contribution < -0.4 is 14.8 Å². The van der Waals surface area contributed by atoms with E-state index in [-0.39, 0.29) is 12.7 Å². The van der Waals surface area contributed by atoms with Crippen molar-refractivity contribution in [2.75, 3.05) is 18.7 Å². The highest BCUT2D eigenvalue weighted by Gasteiger charge is 2.23. The highest BCUT2D eigenvalue weighted by atomic mass is 16.7. The van der Waals surface area contributed by atoms with E-state index < -0.39 is 18.5 Å². The second-order valence-electron chi connectivity index (χ2n) is 6.89. The first-order valence-electron chi connectivity index (χ1n) is 9.39. The number of ether oxygens (including phenoxy) is 3. The Balaban J connectivity index is 1.43. The summed E-state index contributed by atoms with van der Waals surface area (Å²) in [4.78, 5) is 29.1. The van der Waals surface area contributed by atoms with Crippen molar-refractivity contribution in [1.82, 2.24) is 14.8 Å². The van der Waals surface area contributed by atoms with Crippen LogP contribution in [0.15, 0.2) is 48.8 Å². The van der Waals surface area contributed by atoms with Crippen molar-refractivity contribution < 1.29 is 23.8 Å². The molecule has 0 spiro atoms. The molecule has 0 saturated heterocycles. The van der Waals surface area contributed by atoms with Crippen LogP contribution in [0.4, 0.5) is 5.69 Å². The maximum atomic E-state index is 12.6. The number of nitrogens with one attached hydrogen (secondary N) is 1. The van der Waals surface area contributed by atoms with Crippen molar-refractivity contribution in [2.45, 2.75) is 19.8 Å². The van der Waals surface area contributed by atoms with Gasteiger partial charge >= 0.3 is 5.97 Å². The zero-order valence-corrected chi connectivity index (χ0v) is 16.5. The first kappa shape index (κ1) is 19.4. The van der Waals surface area contributed by atoms with E-state index in [1.165, 1.54) is 6.20 Å². The van der Waals surface area contributed by atoms with Crippen LogP contribution in [0.25, 0.3) is 5.82 Å². The number of amides is 1. The fourth-order valence-corrected chi connectivity index (χ4v) is 3.11. The molecule has 1 aliphatic heterocycles. The maximum Gasteiger partial charge on any atom is 0.342 e. The predicted molar refractivity (Wildman–Crippen MR) is 107 cm³/mol. The van der Waals surface area contributed by atoms with Crippen molar-refractivity contribution in [2.24, 2.45) is 0 Å². The molecule has 154 valence electrons. The van der Waals surface area contributed by atoms with Crippen LogP contribution in [0.3, 0.4) is 0 Å². The Hall–Kier alpha value is -3.88. The molecule has 3 aromatic rings. The van der Waals surface area contributed by atoms with Crippen molar-refractivity contribution in [3.05, 3.63) is 60.0 Å². The maximum absolute atomic E-state index is 12.6. The Kier molecular flexibility index (Phi) is 5.34. The third kappa shape index (κ3) is 3.95. The first-order chi connectivity index (χ1) is 14.5. The molecule has 0 unspecified atom stereocenters. The van der Waals surface area contributed by atoms with Gasteiger partial charge in [-0.05, 0) is 30.2 Å². The van der Waals surface area contributed by atoms with Gasteiger partial charge in [-0.15, -0.1) is 0 Å². The van der Waals surface area contributed by atoms with Gasteiger partial charge < -0.3 is 19.5 Å². The van der Waals surface area contributed by atoms with Gasteiger partial charge in [0, 0.05) is 18.0 Å². The van der Waals surface area contributed by atoms with E-state index in [2.05, 4.69) is 15.4 Å². The number of carbonyl (C=O) groups excluding carboxylic acids is 2. The number of anilines is 1. The fraction of sp³-hybridized carbons (Fsp3) is 0.238. The van der Waals surface area contributed by atoms with Gasteiger partial charge in [0.1, 0.15) is 5.56 Å². The molecule has 3 heterocycles. The van der Waals surface area contributed by atoms with Gasteiger partial charge in [-0.1, -0.05) is 19.9 Å². The molecule has 0 atom stereocenters. The van der Waals surface area contributed by atoms with Crippen molar-refractivity contribution in [3.8, 4) is 17.3 Å². The normalized spacial score (nSPS) is 12.1. The predicted octanol–water partition coefficient (Wildman–Crippen LogP) is 2.91. The summed E-state index contributed by atoms with van der Waals surface area (Å²) in [6, 6.07) is 10.5. The molecule has 0 radical (unpaired) electrons. The van der Waals surface area contributed by atoms with Crippen molar-refractivity contribution in [3.63, 3.8) is 0 Å². The number of pyridine rings is 1. The number of fused-ring (bicyclic) bond motifs is 1. The molecule has 1 aromatic carbocycles. The van der Waals surface area contributed by atoms with Gasteiger partial charge in [0.05, 0.1) is 11.9 Å². The number of carbonyl (C=O) groups is 2. The minimum Gasteiger partial charge on any atom is -0.454 e. The second-order valence-corrected chi connectivity index (χ2v) is 6.89. The van der Waals surface area contributed by atoms with Crippen LogP contribution in [0.1, 0.15) is 35.8 Å². The zero-order chi connectivity index (χ0) is 21.1. The number of benzene rings is 1. The summed E-state index contributed by atoms with van der Waals surface area (Å²) in [5.74, 6) is 0.659. The van der Waals surface area contributed by atoms with Gasteiger partial charge in [-0.25, -0.2) is 14.5 Å². The van der Waals surface area contributed by atoms with E-state index in [0.29, 0.717) is 34.3 Å². The largest absolute Gasteiger partial charge is 0.454 e. The van der Waals surface area contributed by atoms with Crippen LogP contribution in [0.5, 0.6) is 11.5 Å².